The van der Waals surface area contributed by atoms with Gasteiger partial charge in [0.2, 0.25) is 5.91 Å². The maximum Gasteiger partial charge on any atom is 0.271 e. The van der Waals surface area contributed by atoms with Gasteiger partial charge in [0.05, 0.1) is 10.6 Å². The van der Waals surface area contributed by atoms with Crippen molar-refractivity contribution in [2.75, 3.05) is 0 Å². The molecule has 0 saturated heterocycles. The van der Waals surface area contributed by atoms with Gasteiger partial charge in [0.15, 0.2) is 5.11 Å². The number of fused-ring (bicyclic) bond motifs is 1. The van der Waals surface area contributed by atoms with Crippen molar-refractivity contribution in [1.82, 2.24) is 16.2 Å². The van der Waals surface area contributed by atoms with Crippen LogP contribution < -0.4 is 16.2 Å². The minimum absolute atomic E-state index is 0.0343. The Hall–Kier alpha value is -3.22. The first-order valence-corrected chi connectivity index (χ1v) is 9.15. The van der Waals surface area contributed by atoms with Crippen molar-refractivity contribution in [2.24, 2.45) is 0 Å². The highest BCUT2D eigenvalue weighted by molar-refractivity contribution is 7.80. The van der Waals surface area contributed by atoms with Crippen LogP contribution in [0.2, 0.25) is 5.02 Å². The summed E-state index contributed by atoms with van der Waals surface area (Å²) in [7, 11) is 0. The molecule has 140 valence electrons. The van der Waals surface area contributed by atoms with Crippen LogP contribution in [0.4, 0.5) is 0 Å². The summed E-state index contributed by atoms with van der Waals surface area (Å²) < 4.78 is 0. The van der Waals surface area contributed by atoms with Gasteiger partial charge in [0, 0.05) is 6.08 Å². The number of carbonyl (C=O) groups is 2. The third-order valence-electron chi connectivity index (χ3n) is 3.88. The number of hydrogen-bond donors (Lipinski definition) is 3. The van der Waals surface area contributed by atoms with Crippen LogP contribution in [-0.2, 0) is 4.79 Å². The lowest BCUT2D eigenvalue weighted by Gasteiger charge is -2.10. The summed E-state index contributed by atoms with van der Waals surface area (Å²) in [6.45, 7) is 0. The van der Waals surface area contributed by atoms with E-state index >= 15 is 0 Å². The molecule has 0 aromatic heterocycles. The molecule has 2 amide bonds. The normalized spacial score (nSPS) is 10.6. The zero-order valence-corrected chi connectivity index (χ0v) is 16.2. The fourth-order valence-corrected chi connectivity index (χ4v) is 2.95. The molecule has 3 aromatic carbocycles. The van der Waals surface area contributed by atoms with E-state index in [9.17, 15) is 9.59 Å². The fraction of sp³-hybridized carbons (Fsp3) is 0. The summed E-state index contributed by atoms with van der Waals surface area (Å²) in [5.41, 5.74) is 6.07. The first-order chi connectivity index (χ1) is 13.5. The van der Waals surface area contributed by atoms with E-state index in [1.165, 1.54) is 6.08 Å². The van der Waals surface area contributed by atoms with E-state index in [4.69, 9.17) is 23.8 Å². The molecule has 0 radical (unpaired) electrons. The van der Waals surface area contributed by atoms with Crippen LogP contribution in [0.25, 0.3) is 16.8 Å². The van der Waals surface area contributed by atoms with E-state index in [1.54, 1.807) is 30.3 Å². The van der Waals surface area contributed by atoms with Crippen molar-refractivity contribution in [3.63, 3.8) is 0 Å². The van der Waals surface area contributed by atoms with Crippen LogP contribution in [0.3, 0.4) is 0 Å². The molecular formula is C21H16ClN3O2S. The molecule has 0 bridgehead atoms. The molecule has 3 rings (SSSR count). The highest BCUT2D eigenvalue weighted by Crippen LogP contribution is 2.19. The van der Waals surface area contributed by atoms with Crippen LogP contribution in [0.5, 0.6) is 0 Å². The zero-order chi connectivity index (χ0) is 19.9. The largest absolute Gasteiger partial charge is 0.298 e. The van der Waals surface area contributed by atoms with Gasteiger partial charge in [-0.1, -0.05) is 66.2 Å². The number of amides is 2. The molecule has 0 aliphatic heterocycles. The molecular weight excluding hydrogens is 394 g/mol. The Labute approximate surface area is 172 Å². The Morgan fingerprint density at radius 3 is 2.43 bits per heavy atom. The molecule has 0 atom stereocenters. The van der Waals surface area contributed by atoms with Gasteiger partial charge in [0.1, 0.15) is 0 Å². The van der Waals surface area contributed by atoms with Gasteiger partial charge in [-0.3, -0.25) is 25.8 Å². The van der Waals surface area contributed by atoms with Crippen LogP contribution in [0.1, 0.15) is 15.9 Å². The number of carbonyl (C=O) groups excluding carboxylic acids is 2. The molecule has 0 spiro atoms. The monoisotopic (exact) mass is 409 g/mol. The number of rotatable bonds is 3. The topological polar surface area (TPSA) is 70.2 Å². The average molecular weight is 410 g/mol. The molecule has 5 nitrogen and oxygen atoms in total. The minimum Gasteiger partial charge on any atom is -0.298 e. The molecule has 28 heavy (non-hydrogen) atoms. The van der Waals surface area contributed by atoms with Gasteiger partial charge < -0.3 is 0 Å². The van der Waals surface area contributed by atoms with Crippen molar-refractivity contribution < 1.29 is 9.59 Å². The maximum atomic E-state index is 12.1. The predicted molar refractivity (Wildman–Crippen MR) is 116 cm³/mol. The SMILES string of the molecule is O=C(/C=C/c1cccc2ccccc12)NC(=S)NNC(=O)c1ccccc1Cl. The lowest BCUT2D eigenvalue weighted by Crippen LogP contribution is -2.48. The van der Waals surface area contributed by atoms with Gasteiger partial charge in [0.25, 0.3) is 5.91 Å². The number of halogens is 1. The lowest BCUT2D eigenvalue weighted by molar-refractivity contribution is -0.115. The number of thiocarbonyl (C=S) groups is 1. The van der Waals surface area contributed by atoms with Crippen LogP contribution >= 0.6 is 23.8 Å². The van der Waals surface area contributed by atoms with Gasteiger partial charge in [-0.15, -0.1) is 0 Å². The van der Waals surface area contributed by atoms with Crippen LogP contribution in [0, 0.1) is 0 Å². The summed E-state index contributed by atoms with van der Waals surface area (Å²) in [4.78, 5) is 24.1. The number of hydrogen-bond acceptors (Lipinski definition) is 3. The van der Waals surface area contributed by atoms with Crippen molar-refractivity contribution in [1.29, 1.82) is 0 Å². The Morgan fingerprint density at radius 1 is 0.893 bits per heavy atom. The van der Waals surface area contributed by atoms with Gasteiger partial charge in [-0.2, -0.15) is 0 Å². The highest BCUT2D eigenvalue weighted by atomic mass is 35.5. The van der Waals surface area contributed by atoms with Crippen molar-refractivity contribution in [3.05, 3.63) is 89.0 Å². The molecule has 3 N–H and O–H groups in total. The van der Waals surface area contributed by atoms with E-state index in [0.29, 0.717) is 10.6 Å². The lowest BCUT2D eigenvalue weighted by atomic mass is 10.0. The Morgan fingerprint density at radius 2 is 1.61 bits per heavy atom. The second kappa shape index (κ2) is 9.12. The first-order valence-electron chi connectivity index (χ1n) is 8.36. The highest BCUT2D eigenvalue weighted by Gasteiger charge is 2.09. The Bertz CT molecular complexity index is 1080. The Kier molecular flexibility index (Phi) is 6.37. The smallest absolute Gasteiger partial charge is 0.271 e. The predicted octanol–water partition coefficient (Wildman–Crippen LogP) is 3.84. The summed E-state index contributed by atoms with van der Waals surface area (Å²) in [5.74, 6) is -0.883. The van der Waals surface area contributed by atoms with Crippen LogP contribution in [0.15, 0.2) is 72.8 Å². The Balaban J connectivity index is 1.56. The van der Waals surface area contributed by atoms with E-state index in [1.807, 2.05) is 42.5 Å². The summed E-state index contributed by atoms with van der Waals surface area (Å²) in [6, 6.07) is 20.4. The van der Waals surface area contributed by atoms with Crippen LogP contribution in [-0.4, -0.2) is 16.9 Å². The molecule has 7 heteroatoms. The maximum absolute atomic E-state index is 12.1. The van der Waals surface area contributed by atoms with Gasteiger partial charge in [-0.05, 0) is 46.8 Å². The fourth-order valence-electron chi connectivity index (χ4n) is 2.57. The summed E-state index contributed by atoms with van der Waals surface area (Å²) in [6.07, 6.45) is 3.09. The van der Waals surface area contributed by atoms with E-state index < -0.39 is 11.8 Å². The number of hydrazine groups is 1. The molecule has 0 heterocycles. The molecule has 0 unspecified atom stereocenters. The minimum atomic E-state index is -0.464. The molecule has 3 aromatic rings. The van der Waals surface area contributed by atoms with Gasteiger partial charge in [-0.25, -0.2) is 0 Å². The number of benzene rings is 3. The van der Waals surface area contributed by atoms with E-state index in [-0.39, 0.29) is 5.11 Å². The first kappa shape index (κ1) is 19.5. The number of nitrogens with one attached hydrogen (secondary N) is 3. The molecule has 0 fully saturated rings. The average Bonchev–Trinajstić information content (AvgIpc) is 2.70. The third-order valence-corrected chi connectivity index (χ3v) is 4.42. The second-order valence-corrected chi connectivity index (χ2v) is 6.59. The van der Waals surface area contributed by atoms with Gasteiger partial charge >= 0.3 is 0 Å². The standard InChI is InChI=1S/C21H16ClN3O2S/c22-18-11-4-3-10-17(18)20(27)24-25-21(28)23-19(26)13-12-15-8-5-7-14-6-1-2-9-16(14)15/h1-13H,(H,24,27)(H2,23,25,26,28)/b13-12+. The van der Waals surface area contributed by atoms with E-state index in [0.717, 1.165) is 16.3 Å². The molecule has 0 aliphatic carbocycles. The summed E-state index contributed by atoms with van der Waals surface area (Å²) in [5, 5.41) is 4.88. The second-order valence-electron chi connectivity index (χ2n) is 5.78. The summed E-state index contributed by atoms with van der Waals surface area (Å²) >= 11 is 11.0. The molecule has 0 aliphatic rings. The van der Waals surface area contributed by atoms with Crippen molar-refractivity contribution in [3.8, 4) is 0 Å². The molecule has 0 saturated carbocycles. The quantitative estimate of drug-likeness (QED) is 0.349. The van der Waals surface area contributed by atoms with Crippen molar-refractivity contribution >= 4 is 57.6 Å². The zero-order valence-electron chi connectivity index (χ0n) is 14.6. The van der Waals surface area contributed by atoms with Crippen molar-refractivity contribution in [2.45, 2.75) is 0 Å². The third kappa shape index (κ3) is 4.94. The van der Waals surface area contributed by atoms with E-state index in [2.05, 4.69) is 16.2 Å².